The second-order valence-corrected chi connectivity index (χ2v) is 6.96. The minimum absolute atomic E-state index is 0. The maximum atomic E-state index is 12.4. The van der Waals surface area contributed by atoms with E-state index in [1.54, 1.807) is 18.2 Å². The first-order valence-corrected chi connectivity index (χ1v) is 9.01. The van der Waals surface area contributed by atoms with E-state index in [2.05, 4.69) is 0 Å². The Bertz CT molecular complexity index is 770. The first kappa shape index (κ1) is 20.7. The van der Waals surface area contributed by atoms with Crippen LogP contribution in [0.4, 0.5) is 5.69 Å². The fourth-order valence-corrected chi connectivity index (χ4v) is 3.24. The van der Waals surface area contributed by atoms with Crippen molar-refractivity contribution in [1.82, 2.24) is 4.90 Å². The molecule has 2 aromatic carbocycles. The topological polar surface area (TPSA) is 55.6 Å². The van der Waals surface area contributed by atoms with E-state index >= 15 is 0 Å². The number of carbonyl (C=O) groups is 1. The lowest BCUT2D eigenvalue weighted by atomic mass is 10.1. The number of para-hydroxylation sites is 1. The molecule has 0 bridgehead atoms. The molecule has 3 rings (SSSR count). The average molecular weight is 416 g/mol. The molecule has 0 spiro atoms. The average Bonchev–Trinajstić information content (AvgIpc) is 3.06. The van der Waals surface area contributed by atoms with Crippen molar-refractivity contribution in [3.63, 3.8) is 0 Å². The summed E-state index contributed by atoms with van der Waals surface area (Å²) in [5.41, 5.74) is 7.67. The van der Waals surface area contributed by atoms with E-state index in [-0.39, 0.29) is 24.4 Å². The maximum absolute atomic E-state index is 12.4. The van der Waals surface area contributed by atoms with Crippen molar-refractivity contribution in [2.75, 3.05) is 18.8 Å². The lowest BCUT2D eigenvalue weighted by molar-refractivity contribution is -0.130. The second-order valence-electron chi connectivity index (χ2n) is 6.14. The molecule has 1 atom stereocenters. The van der Waals surface area contributed by atoms with Gasteiger partial charge in [-0.1, -0.05) is 41.4 Å². The van der Waals surface area contributed by atoms with Crippen LogP contribution in [0, 0.1) is 0 Å². The molecule has 2 aromatic rings. The standard InChI is InChI=1S/C19H20Cl2N2O2.ClH/c20-16-7-6-14(11-17(16)21)25-15-9-10-23(12-15)19(24)8-5-13-3-1-2-4-18(13)22;/h1-4,6-7,11,15H,5,8-10,12,22H2;1H. The zero-order valence-electron chi connectivity index (χ0n) is 14.2. The Hall–Kier alpha value is -1.62. The van der Waals surface area contributed by atoms with Gasteiger partial charge in [-0.2, -0.15) is 0 Å². The number of nitrogen functional groups attached to an aromatic ring is 1. The summed E-state index contributed by atoms with van der Waals surface area (Å²) in [5.74, 6) is 0.800. The summed E-state index contributed by atoms with van der Waals surface area (Å²) in [7, 11) is 0. The molecule has 4 nitrogen and oxygen atoms in total. The van der Waals surface area contributed by atoms with Gasteiger partial charge >= 0.3 is 0 Å². The van der Waals surface area contributed by atoms with Gasteiger partial charge in [-0.05, 0) is 30.2 Å². The van der Waals surface area contributed by atoms with Crippen LogP contribution in [0.15, 0.2) is 42.5 Å². The fraction of sp³-hybridized carbons (Fsp3) is 0.316. The van der Waals surface area contributed by atoms with Crippen molar-refractivity contribution in [2.45, 2.75) is 25.4 Å². The smallest absolute Gasteiger partial charge is 0.223 e. The monoisotopic (exact) mass is 414 g/mol. The third kappa shape index (κ3) is 5.19. The molecule has 1 aliphatic rings. The number of aryl methyl sites for hydroxylation is 1. The Balaban J connectivity index is 0.00000243. The van der Waals surface area contributed by atoms with Crippen molar-refractivity contribution in [3.8, 4) is 5.75 Å². The summed E-state index contributed by atoms with van der Waals surface area (Å²) in [4.78, 5) is 14.3. The minimum Gasteiger partial charge on any atom is -0.488 e. The Morgan fingerprint density at radius 3 is 2.69 bits per heavy atom. The number of carbonyl (C=O) groups excluding carboxylic acids is 1. The van der Waals surface area contributed by atoms with Crippen LogP contribution < -0.4 is 10.5 Å². The predicted molar refractivity (Wildman–Crippen MR) is 108 cm³/mol. The van der Waals surface area contributed by atoms with Gasteiger partial charge < -0.3 is 15.4 Å². The number of likely N-dealkylation sites (tertiary alicyclic amines) is 1. The van der Waals surface area contributed by atoms with Crippen LogP contribution >= 0.6 is 35.6 Å². The summed E-state index contributed by atoms with van der Waals surface area (Å²) in [6.07, 6.45) is 1.89. The Morgan fingerprint density at radius 2 is 1.96 bits per heavy atom. The van der Waals surface area contributed by atoms with E-state index in [1.165, 1.54) is 0 Å². The zero-order chi connectivity index (χ0) is 17.8. The highest BCUT2D eigenvalue weighted by molar-refractivity contribution is 6.42. The second kappa shape index (κ2) is 9.36. The molecular formula is C19H21Cl3N2O2. The third-order valence-electron chi connectivity index (χ3n) is 4.35. The highest BCUT2D eigenvalue weighted by atomic mass is 35.5. The summed E-state index contributed by atoms with van der Waals surface area (Å²) in [6.45, 7) is 1.29. The van der Waals surface area contributed by atoms with Crippen molar-refractivity contribution in [3.05, 3.63) is 58.1 Å². The number of benzene rings is 2. The highest BCUT2D eigenvalue weighted by Crippen LogP contribution is 2.28. The van der Waals surface area contributed by atoms with Gasteiger partial charge in [0.25, 0.3) is 0 Å². The van der Waals surface area contributed by atoms with Gasteiger partial charge in [-0.15, -0.1) is 12.4 Å². The first-order valence-electron chi connectivity index (χ1n) is 8.26. The summed E-state index contributed by atoms with van der Waals surface area (Å²) in [6, 6.07) is 12.9. The lowest BCUT2D eigenvalue weighted by Crippen LogP contribution is -2.31. The van der Waals surface area contributed by atoms with E-state index in [0.29, 0.717) is 41.7 Å². The molecule has 1 unspecified atom stereocenters. The molecule has 26 heavy (non-hydrogen) atoms. The van der Waals surface area contributed by atoms with Crippen molar-refractivity contribution >= 4 is 47.2 Å². The van der Waals surface area contributed by atoms with Crippen molar-refractivity contribution in [2.24, 2.45) is 0 Å². The molecular weight excluding hydrogens is 395 g/mol. The van der Waals surface area contributed by atoms with E-state index < -0.39 is 0 Å². The normalized spacial score (nSPS) is 16.2. The first-order chi connectivity index (χ1) is 12.0. The van der Waals surface area contributed by atoms with Crippen LogP contribution in [0.25, 0.3) is 0 Å². The predicted octanol–water partition coefficient (Wildman–Crippen LogP) is 4.61. The van der Waals surface area contributed by atoms with Gasteiger partial charge in [0, 0.05) is 31.1 Å². The molecule has 0 radical (unpaired) electrons. The Labute approximate surface area is 169 Å². The molecule has 2 N–H and O–H groups in total. The number of nitrogens with zero attached hydrogens (tertiary/aromatic N) is 1. The number of hydrogen-bond acceptors (Lipinski definition) is 3. The Morgan fingerprint density at radius 1 is 1.19 bits per heavy atom. The van der Waals surface area contributed by atoms with Gasteiger partial charge in [-0.25, -0.2) is 0 Å². The van der Waals surface area contributed by atoms with Gasteiger partial charge in [0.05, 0.1) is 16.6 Å². The fourth-order valence-electron chi connectivity index (χ4n) is 2.96. The Kier molecular flexibility index (Phi) is 7.44. The minimum atomic E-state index is -0.0250. The molecule has 1 saturated heterocycles. The molecule has 1 amide bonds. The third-order valence-corrected chi connectivity index (χ3v) is 5.09. The summed E-state index contributed by atoms with van der Waals surface area (Å²) < 4.78 is 5.92. The molecule has 1 aliphatic heterocycles. The number of rotatable bonds is 5. The van der Waals surface area contributed by atoms with Crippen LogP contribution in [-0.4, -0.2) is 30.0 Å². The SMILES string of the molecule is Cl.Nc1ccccc1CCC(=O)N1CCC(Oc2ccc(Cl)c(Cl)c2)C1. The van der Waals surface area contributed by atoms with E-state index in [1.807, 2.05) is 29.2 Å². The van der Waals surface area contributed by atoms with Gasteiger partial charge in [0.2, 0.25) is 5.91 Å². The number of halogens is 3. The maximum Gasteiger partial charge on any atom is 0.223 e. The lowest BCUT2D eigenvalue weighted by Gasteiger charge is -2.18. The van der Waals surface area contributed by atoms with Crippen LogP contribution in [0.3, 0.4) is 0 Å². The zero-order valence-corrected chi connectivity index (χ0v) is 16.5. The van der Waals surface area contributed by atoms with Crippen LogP contribution in [0.2, 0.25) is 10.0 Å². The quantitative estimate of drug-likeness (QED) is 0.726. The molecule has 1 heterocycles. The molecule has 140 valence electrons. The van der Waals surface area contributed by atoms with Crippen LogP contribution in [-0.2, 0) is 11.2 Å². The van der Waals surface area contributed by atoms with Gasteiger partial charge in [0.1, 0.15) is 11.9 Å². The van der Waals surface area contributed by atoms with Crippen LogP contribution in [0.1, 0.15) is 18.4 Å². The van der Waals surface area contributed by atoms with E-state index in [0.717, 1.165) is 17.7 Å². The number of ether oxygens (including phenoxy) is 1. The summed E-state index contributed by atoms with van der Waals surface area (Å²) >= 11 is 11.9. The van der Waals surface area contributed by atoms with E-state index in [4.69, 9.17) is 33.7 Å². The van der Waals surface area contributed by atoms with Gasteiger partial charge in [0.15, 0.2) is 0 Å². The van der Waals surface area contributed by atoms with Crippen LogP contribution in [0.5, 0.6) is 5.75 Å². The molecule has 0 aromatic heterocycles. The number of nitrogens with two attached hydrogens (primary N) is 1. The molecule has 7 heteroatoms. The molecule has 1 fully saturated rings. The number of anilines is 1. The van der Waals surface area contributed by atoms with Gasteiger partial charge in [-0.3, -0.25) is 4.79 Å². The summed E-state index contributed by atoms with van der Waals surface area (Å²) in [5, 5.41) is 0.961. The van der Waals surface area contributed by atoms with Crippen molar-refractivity contribution < 1.29 is 9.53 Å². The molecule has 0 saturated carbocycles. The highest BCUT2D eigenvalue weighted by Gasteiger charge is 2.27. The number of hydrogen-bond donors (Lipinski definition) is 1. The van der Waals surface area contributed by atoms with Crippen molar-refractivity contribution in [1.29, 1.82) is 0 Å². The number of amides is 1. The largest absolute Gasteiger partial charge is 0.488 e. The van der Waals surface area contributed by atoms with E-state index in [9.17, 15) is 4.79 Å². The molecule has 0 aliphatic carbocycles.